The molecule has 0 radical (unpaired) electrons. The summed E-state index contributed by atoms with van der Waals surface area (Å²) in [5.41, 5.74) is 0.640. The third kappa shape index (κ3) is 4.11. The highest BCUT2D eigenvalue weighted by Gasteiger charge is 2.11. The standard InChI is InChI=1S/C15H17F2NO3/c1-3-11-5-6-12(20-11)9-18-10-4-7-13(19-2)14(8-10)21-15(16)17/h4-8,15,18H,3,9H2,1-2H3. The molecule has 6 heteroatoms. The Labute approximate surface area is 121 Å². The summed E-state index contributed by atoms with van der Waals surface area (Å²) in [4.78, 5) is 0. The van der Waals surface area contributed by atoms with Crippen LogP contribution in [0.5, 0.6) is 11.5 Å². The van der Waals surface area contributed by atoms with Crippen LogP contribution < -0.4 is 14.8 Å². The second-order valence-electron chi connectivity index (χ2n) is 4.32. The van der Waals surface area contributed by atoms with E-state index in [1.54, 1.807) is 12.1 Å². The van der Waals surface area contributed by atoms with E-state index in [9.17, 15) is 8.78 Å². The first-order chi connectivity index (χ1) is 10.1. The van der Waals surface area contributed by atoms with E-state index >= 15 is 0 Å². The van der Waals surface area contributed by atoms with Crippen LogP contribution in [0.15, 0.2) is 34.7 Å². The minimum absolute atomic E-state index is 0.00816. The van der Waals surface area contributed by atoms with Crippen LogP contribution in [0.25, 0.3) is 0 Å². The number of hydrogen-bond acceptors (Lipinski definition) is 4. The first-order valence-corrected chi connectivity index (χ1v) is 6.56. The van der Waals surface area contributed by atoms with Crippen LogP contribution in [0.1, 0.15) is 18.4 Å². The fourth-order valence-corrected chi connectivity index (χ4v) is 1.87. The van der Waals surface area contributed by atoms with E-state index in [0.29, 0.717) is 12.2 Å². The molecule has 0 saturated heterocycles. The molecule has 0 bridgehead atoms. The SMILES string of the molecule is CCc1ccc(CNc2ccc(OC)c(OC(F)F)c2)o1. The predicted octanol–water partition coefficient (Wildman–Crippen LogP) is 4.06. The van der Waals surface area contributed by atoms with Gasteiger partial charge in [-0.3, -0.25) is 0 Å². The number of rotatable bonds is 7. The second kappa shape index (κ2) is 6.97. The fraction of sp³-hybridized carbons (Fsp3) is 0.333. The van der Waals surface area contributed by atoms with Crippen molar-refractivity contribution in [1.82, 2.24) is 0 Å². The third-order valence-corrected chi connectivity index (χ3v) is 2.91. The summed E-state index contributed by atoms with van der Waals surface area (Å²) in [6.07, 6.45) is 0.828. The van der Waals surface area contributed by atoms with Crippen molar-refractivity contribution in [2.45, 2.75) is 26.5 Å². The molecule has 2 aromatic rings. The molecule has 1 aromatic heterocycles. The number of anilines is 1. The van der Waals surface area contributed by atoms with E-state index in [1.165, 1.54) is 13.2 Å². The van der Waals surface area contributed by atoms with Crippen molar-refractivity contribution in [3.8, 4) is 11.5 Å². The maximum Gasteiger partial charge on any atom is 0.387 e. The van der Waals surface area contributed by atoms with Crippen molar-refractivity contribution < 1.29 is 22.7 Å². The third-order valence-electron chi connectivity index (χ3n) is 2.91. The van der Waals surface area contributed by atoms with Gasteiger partial charge in [-0.2, -0.15) is 8.78 Å². The molecule has 1 N–H and O–H groups in total. The summed E-state index contributed by atoms with van der Waals surface area (Å²) in [6, 6.07) is 8.55. The normalized spacial score (nSPS) is 10.7. The van der Waals surface area contributed by atoms with Gasteiger partial charge in [0.15, 0.2) is 11.5 Å². The largest absolute Gasteiger partial charge is 0.493 e. The molecule has 0 aliphatic carbocycles. The molecule has 0 unspecified atom stereocenters. The Balaban J connectivity index is 2.05. The van der Waals surface area contributed by atoms with Crippen molar-refractivity contribution in [2.24, 2.45) is 0 Å². The second-order valence-corrected chi connectivity index (χ2v) is 4.32. The van der Waals surface area contributed by atoms with Gasteiger partial charge in [0.2, 0.25) is 0 Å². The lowest BCUT2D eigenvalue weighted by Gasteiger charge is -2.12. The van der Waals surface area contributed by atoms with Gasteiger partial charge in [0.1, 0.15) is 11.5 Å². The first kappa shape index (κ1) is 15.2. The van der Waals surface area contributed by atoms with Crippen LogP contribution in [0.2, 0.25) is 0 Å². The van der Waals surface area contributed by atoms with E-state index < -0.39 is 6.61 Å². The van der Waals surface area contributed by atoms with Gasteiger partial charge in [-0.15, -0.1) is 0 Å². The molecular formula is C15H17F2NO3. The summed E-state index contributed by atoms with van der Waals surface area (Å²) < 4.78 is 39.7. The highest BCUT2D eigenvalue weighted by molar-refractivity contribution is 5.54. The maximum absolute atomic E-state index is 12.3. The summed E-state index contributed by atoms with van der Waals surface area (Å²) in [5, 5.41) is 3.09. The molecule has 1 heterocycles. The van der Waals surface area contributed by atoms with Gasteiger partial charge in [0.05, 0.1) is 13.7 Å². The summed E-state index contributed by atoms with van der Waals surface area (Å²) >= 11 is 0. The lowest BCUT2D eigenvalue weighted by molar-refractivity contribution is -0.0511. The smallest absolute Gasteiger partial charge is 0.387 e. The number of ether oxygens (including phenoxy) is 2. The number of furan rings is 1. The van der Waals surface area contributed by atoms with Gasteiger partial charge in [0.25, 0.3) is 0 Å². The zero-order valence-corrected chi connectivity index (χ0v) is 11.9. The quantitative estimate of drug-likeness (QED) is 0.837. The van der Waals surface area contributed by atoms with Crippen LogP contribution in [0, 0.1) is 0 Å². The van der Waals surface area contributed by atoms with Gasteiger partial charge in [-0.05, 0) is 24.3 Å². The van der Waals surface area contributed by atoms with Crippen molar-refractivity contribution in [2.75, 3.05) is 12.4 Å². The number of hydrogen-bond donors (Lipinski definition) is 1. The van der Waals surface area contributed by atoms with Crippen molar-refractivity contribution in [3.05, 3.63) is 41.9 Å². The van der Waals surface area contributed by atoms with Crippen LogP contribution >= 0.6 is 0 Å². The number of nitrogens with one attached hydrogen (secondary N) is 1. The Morgan fingerprint density at radius 2 is 1.90 bits per heavy atom. The molecule has 0 spiro atoms. The summed E-state index contributed by atoms with van der Waals surface area (Å²) in [6.45, 7) is -0.431. The Bertz CT molecular complexity index is 584. The molecule has 0 amide bonds. The van der Waals surface area contributed by atoms with Gasteiger partial charge >= 0.3 is 6.61 Å². The molecule has 0 saturated carbocycles. The molecule has 2 rings (SSSR count). The van der Waals surface area contributed by atoms with Crippen molar-refractivity contribution in [3.63, 3.8) is 0 Å². The number of methoxy groups -OCH3 is 1. The van der Waals surface area contributed by atoms with E-state index in [0.717, 1.165) is 17.9 Å². The number of benzene rings is 1. The highest BCUT2D eigenvalue weighted by atomic mass is 19.3. The topological polar surface area (TPSA) is 43.6 Å². The van der Waals surface area contributed by atoms with Gasteiger partial charge in [0, 0.05) is 18.2 Å². The molecular weight excluding hydrogens is 280 g/mol. The van der Waals surface area contributed by atoms with Gasteiger partial charge in [-0.1, -0.05) is 6.92 Å². The highest BCUT2D eigenvalue weighted by Crippen LogP contribution is 2.31. The van der Waals surface area contributed by atoms with Crippen molar-refractivity contribution in [1.29, 1.82) is 0 Å². The Hall–Kier alpha value is -2.24. The molecule has 0 aliphatic heterocycles. The lowest BCUT2D eigenvalue weighted by atomic mass is 10.2. The Kier molecular flexibility index (Phi) is 5.03. The number of aryl methyl sites for hydroxylation is 1. The minimum Gasteiger partial charge on any atom is -0.493 e. The van der Waals surface area contributed by atoms with E-state index in [-0.39, 0.29) is 11.5 Å². The maximum atomic E-state index is 12.3. The molecule has 1 aromatic carbocycles. The molecule has 21 heavy (non-hydrogen) atoms. The van der Waals surface area contributed by atoms with Crippen LogP contribution in [-0.2, 0) is 13.0 Å². The monoisotopic (exact) mass is 297 g/mol. The summed E-state index contributed by atoms with van der Waals surface area (Å²) in [7, 11) is 1.40. The van der Waals surface area contributed by atoms with Crippen LogP contribution in [0.4, 0.5) is 14.5 Å². The predicted molar refractivity (Wildman–Crippen MR) is 75.0 cm³/mol. The summed E-state index contributed by atoms with van der Waals surface area (Å²) in [5.74, 6) is 1.93. The molecule has 0 atom stereocenters. The first-order valence-electron chi connectivity index (χ1n) is 6.56. The van der Waals surface area contributed by atoms with E-state index in [2.05, 4.69) is 10.1 Å². The van der Waals surface area contributed by atoms with Crippen LogP contribution in [-0.4, -0.2) is 13.7 Å². The average molecular weight is 297 g/mol. The Morgan fingerprint density at radius 1 is 1.14 bits per heavy atom. The molecule has 114 valence electrons. The Morgan fingerprint density at radius 3 is 2.52 bits per heavy atom. The molecule has 0 fully saturated rings. The van der Waals surface area contributed by atoms with Gasteiger partial charge < -0.3 is 19.2 Å². The fourth-order valence-electron chi connectivity index (χ4n) is 1.87. The molecule has 0 aliphatic rings. The minimum atomic E-state index is -2.90. The van der Waals surface area contributed by atoms with E-state index in [1.807, 2.05) is 19.1 Å². The molecule has 4 nitrogen and oxygen atoms in total. The van der Waals surface area contributed by atoms with Crippen molar-refractivity contribution >= 4 is 5.69 Å². The number of alkyl halides is 2. The zero-order chi connectivity index (χ0) is 15.2. The van der Waals surface area contributed by atoms with Crippen LogP contribution in [0.3, 0.4) is 0 Å². The average Bonchev–Trinajstić information content (AvgIpc) is 2.93. The number of halogens is 2. The lowest BCUT2D eigenvalue weighted by Crippen LogP contribution is -2.05. The van der Waals surface area contributed by atoms with Gasteiger partial charge in [-0.25, -0.2) is 0 Å². The zero-order valence-electron chi connectivity index (χ0n) is 11.9. The van der Waals surface area contributed by atoms with E-state index in [4.69, 9.17) is 9.15 Å².